The van der Waals surface area contributed by atoms with E-state index in [2.05, 4.69) is 43.1 Å². The third kappa shape index (κ3) is 3.23. The summed E-state index contributed by atoms with van der Waals surface area (Å²) in [7, 11) is 5.82. The summed E-state index contributed by atoms with van der Waals surface area (Å²) in [5.74, 6) is 1.16. The molecular formula is C13H26N4O. The highest BCUT2D eigenvalue weighted by atomic mass is 16.5. The smallest absolute Gasteiger partial charge is 0.131 e. The summed E-state index contributed by atoms with van der Waals surface area (Å²) in [5.41, 5.74) is 2.36. The Bertz CT molecular complexity index is 375. The van der Waals surface area contributed by atoms with Gasteiger partial charge in [-0.05, 0) is 20.4 Å². The van der Waals surface area contributed by atoms with Gasteiger partial charge in [-0.1, -0.05) is 6.92 Å². The molecule has 0 aliphatic heterocycles. The minimum absolute atomic E-state index is 0.324. The van der Waals surface area contributed by atoms with Crippen LogP contribution in [0.15, 0.2) is 0 Å². The van der Waals surface area contributed by atoms with Gasteiger partial charge in [0.1, 0.15) is 5.82 Å². The summed E-state index contributed by atoms with van der Waals surface area (Å²) >= 11 is 0. The predicted molar refractivity (Wildman–Crippen MR) is 75.1 cm³/mol. The molecule has 1 heterocycles. The van der Waals surface area contributed by atoms with Crippen molar-refractivity contribution in [3.8, 4) is 0 Å². The Hall–Kier alpha value is -1.07. The molecule has 0 aliphatic rings. The van der Waals surface area contributed by atoms with Crippen LogP contribution in [0, 0.1) is 6.92 Å². The second-order valence-electron chi connectivity index (χ2n) is 4.71. The molecule has 1 N–H and O–H groups in total. The Morgan fingerprint density at radius 3 is 2.72 bits per heavy atom. The fraction of sp³-hybridized carbons (Fsp3) is 0.769. The Labute approximate surface area is 110 Å². The van der Waals surface area contributed by atoms with Crippen LogP contribution in [0.1, 0.15) is 25.1 Å². The van der Waals surface area contributed by atoms with Gasteiger partial charge in [-0.15, -0.1) is 0 Å². The second kappa shape index (κ2) is 6.75. The van der Waals surface area contributed by atoms with Crippen LogP contribution < -0.4 is 10.2 Å². The lowest BCUT2D eigenvalue weighted by atomic mass is 10.2. The van der Waals surface area contributed by atoms with Crippen molar-refractivity contribution in [2.24, 2.45) is 7.05 Å². The highest BCUT2D eigenvalue weighted by molar-refractivity contribution is 5.50. The minimum atomic E-state index is 0.324. The van der Waals surface area contributed by atoms with E-state index in [1.165, 1.54) is 5.56 Å². The van der Waals surface area contributed by atoms with Gasteiger partial charge in [0.2, 0.25) is 0 Å². The minimum Gasteiger partial charge on any atom is -0.383 e. The maximum Gasteiger partial charge on any atom is 0.131 e. The van der Waals surface area contributed by atoms with Gasteiger partial charge >= 0.3 is 0 Å². The fourth-order valence-electron chi connectivity index (χ4n) is 2.15. The lowest BCUT2D eigenvalue weighted by Gasteiger charge is -2.27. The molecule has 1 atom stereocenters. The molecule has 1 aromatic rings. The Kier molecular flexibility index (Phi) is 5.62. The molecule has 0 fully saturated rings. The van der Waals surface area contributed by atoms with Crippen LogP contribution in [-0.2, 0) is 18.3 Å². The van der Waals surface area contributed by atoms with E-state index in [0.29, 0.717) is 12.6 Å². The van der Waals surface area contributed by atoms with Crippen LogP contribution in [0.3, 0.4) is 0 Å². The number of hydrogen-bond acceptors (Lipinski definition) is 4. The Balaban J connectivity index is 2.98. The molecule has 0 aromatic carbocycles. The van der Waals surface area contributed by atoms with E-state index in [0.717, 1.165) is 24.6 Å². The molecule has 1 rings (SSSR count). The van der Waals surface area contributed by atoms with Crippen LogP contribution in [0.4, 0.5) is 5.82 Å². The number of aryl methyl sites for hydroxylation is 2. The number of hydrogen-bond donors (Lipinski definition) is 1. The van der Waals surface area contributed by atoms with Crippen LogP contribution in [0.5, 0.6) is 0 Å². The molecule has 5 heteroatoms. The van der Waals surface area contributed by atoms with Gasteiger partial charge in [0.15, 0.2) is 0 Å². The lowest BCUT2D eigenvalue weighted by Crippen LogP contribution is -2.35. The summed E-state index contributed by atoms with van der Waals surface area (Å²) in [6.07, 6.45) is 0. The quantitative estimate of drug-likeness (QED) is 0.796. The summed E-state index contributed by atoms with van der Waals surface area (Å²) in [4.78, 5) is 2.23. The fourth-order valence-corrected chi connectivity index (χ4v) is 2.15. The summed E-state index contributed by atoms with van der Waals surface area (Å²) in [5, 5.41) is 7.90. The first-order valence-electron chi connectivity index (χ1n) is 6.47. The van der Waals surface area contributed by atoms with Crippen LogP contribution in [-0.4, -0.2) is 43.1 Å². The molecule has 1 aromatic heterocycles. The average molecular weight is 254 g/mol. The molecule has 104 valence electrons. The van der Waals surface area contributed by atoms with Crippen LogP contribution in [0.2, 0.25) is 0 Å². The zero-order valence-electron chi connectivity index (χ0n) is 12.4. The maximum absolute atomic E-state index is 5.23. The van der Waals surface area contributed by atoms with Crippen molar-refractivity contribution in [3.63, 3.8) is 0 Å². The molecule has 0 aliphatic carbocycles. The van der Waals surface area contributed by atoms with Crippen molar-refractivity contribution >= 4 is 5.82 Å². The number of nitrogens with zero attached hydrogens (tertiary/aromatic N) is 3. The highest BCUT2D eigenvalue weighted by Gasteiger charge is 2.19. The van der Waals surface area contributed by atoms with E-state index < -0.39 is 0 Å². The zero-order valence-corrected chi connectivity index (χ0v) is 12.4. The predicted octanol–water partition coefficient (Wildman–Crippen LogP) is 1.31. The van der Waals surface area contributed by atoms with Gasteiger partial charge in [0.05, 0.1) is 18.3 Å². The van der Waals surface area contributed by atoms with Crippen molar-refractivity contribution in [2.75, 3.05) is 32.2 Å². The number of anilines is 1. The standard InChI is InChI=1S/C13H26N4O/c1-7-14-8-12-11(3)15-17(5)13(12)16(4)10(2)9-18-6/h10,14H,7-9H2,1-6H3. The van der Waals surface area contributed by atoms with Gasteiger partial charge in [-0.3, -0.25) is 4.68 Å². The third-order valence-corrected chi connectivity index (χ3v) is 3.27. The van der Waals surface area contributed by atoms with Gasteiger partial charge < -0.3 is 15.0 Å². The molecular weight excluding hydrogens is 228 g/mol. The van der Waals surface area contributed by atoms with Crippen molar-refractivity contribution in [1.29, 1.82) is 0 Å². The number of rotatable bonds is 7. The first-order chi connectivity index (χ1) is 8.52. The SMILES string of the molecule is CCNCc1c(C)nn(C)c1N(C)C(C)COC. The zero-order chi connectivity index (χ0) is 13.7. The summed E-state index contributed by atoms with van der Waals surface area (Å²) in [6.45, 7) is 8.86. The van der Waals surface area contributed by atoms with Gasteiger partial charge in [-0.2, -0.15) is 5.10 Å². The molecule has 0 spiro atoms. The first-order valence-corrected chi connectivity index (χ1v) is 6.47. The highest BCUT2D eigenvalue weighted by Crippen LogP contribution is 2.23. The van der Waals surface area contributed by atoms with Crippen LogP contribution in [0.25, 0.3) is 0 Å². The topological polar surface area (TPSA) is 42.3 Å². The van der Waals surface area contributed by atoms with Gasteiger partial charge in [-0.25, -0.2) is 0 Å². The first kappa shape index (κ1) is 15.0. The monoisotopic (exact) mass is 254 g/mol. The van der Waals surface area contributed by atoms with Gasteiger partial charge in [0, 0.05) is 33.3 Å². The largest absolute Gasteiger partial charge is 0.383 e. The van der Waals surface area contributed by atoms with E-state index in [-0.39, 0.29) is 0 Å². The lowest BCUT2D eigenvalue weighted by molar-refractivity contribution is 0.183. The average Bonchev–Trinajstić information content (AvgIpc) is 2.60. The Morgan fingerprint density at radius 1 is 1.50 bits per heavy atom. The maximum atomic E-state index is 5.23. The Morgan fingerprint density at radius 2 is 2.17 bits per heavy atom. The molecule has 5 nitrogen and oxygen atoms in total. The van der Waals surface area contributed by atoms with Crippen molar-refractivity contribution < 1.29 is 4.74 Å². The van der Waals surface area contributed by atoms with E-state index in [9.17, 15) is 0 Å². The van der Waals surface area contributed by atoms with Crippen molar-refractivity contribution in [2.45, 2.75) is 33.4 Å². The molecule has 0 amide bonds. The van der Waals surface area contributed by atoms with Crippen molar-refractivity contribution in [3.05, 3.63) is 11.3 Å². The van der Waals surface area contributed by atoms with E-state index in [1.54, 1.807) is 7.11 Å². The molecule has 0 bridgehead atoms. The molecule has 0 saturated heterocycles. The normalized spacial score (nSPS) is 12.8. The van der Waals surface area contributed by atoms with E-state index in [4.69, 9.17) is 4.74 Å². The van der Waals surface area contributed by atoms with Crippen LogP contribution >= 0.6 is 0 Å². The molecule has 1 unspecified atom stereocenters. The second-order valence-corrected chi connectivity index (χ2v) is 4.71. The third-order valence-electron chi connectivity index (χ3n) is 3.27. The number of methoxy groups -OCH3 is 1. The number of likely N-dealkylation sites (N-methyl/N-ethyl adjacent to an activating group) is 1. The number of ether oxygens (including phenoxy) is 1. The summed E-state index contributed by atoms with van der Waals surface area (Å²) < 4.78 is 7.18. The molecule has 0 saturated carbocycles. The van der Waals surface area contributed by atoms with Crippen molar-refractivity contribution in [1.82, 2.24) is 15.1 Å². The summed E-state index contributed by atoms with van der Waals surface area (Å²) in [6, 6.07) is 0.324. The van der Waals surface area contributed by atoms with E-state index in [1.807, 2.05) is 11.7 Å². The van der Waals surface area contributed by atoms with Gasteiger partial charge in [0.25, 0.3) is 0 Å². The molecule has 18 heavy (non-hydrogen) atoms. The van der Waals surface area contributed by atoms with E-state index >= 15 is 0 Å². The molecule has 0 radical (unpaired) electrons. The number of aromatic nitrogens is 2. The number of nitrogens with one attached hydrogen (secondary N) is 1.